The van der Waals surface area contributed by atoms with Crippen molar-refractivity contribution in [2.75, 3.05) is 23.3 Å². The minimum absolute atomic E-state index is 0.0303. The zero-order chi connectivity index (χ0) is 25.4. The normalized spacial score (nSPS) is 22.3. The third-order valence-corrected chi connectivity index (χ3v) is 7.63. The van der Waals surface area contributed by atoms with E-state index in [1.165, 1.54) is 4.90 Å². The topological polar surface area (TPSA) is 86.8 Å². The Morgan fingerprint density at radius 1 is 0.917 bits per heavy atom. The summed E-state index contributed by atoms with van der Waals surface area (Å²) in [5.41, 5.74) is 2.92. The summed E-state index contributed by atoms with van der Waals surface area (Å²) in [6.07, 6.45) is 5.20. The van der Waals surface area contributed by atoms with Gasteiger partial charge in [-0.3, -0.25) is 24.1 Å². The van der Waals surface area contributed by atoms with Crippen LogP contribution in [0.5, 0.6) is 0 Å². The molecule has 0 saturated carbocycles. The first-order chi connectivity index (χ1) is 17.3. The molecule has 7 nitrogen and oxygen atoms in total. The molecular weight excluding hydrogens is 454 g/mol. The van der Waals surface area contributed by atoms with Gasteiger partial charge in [-0.25, -0.2) is 0 Å². The Labute approximate surface area is 211 Å². The fraction of sp³-hybridized carbons (Fsp3) is 0.379. The lowest BCUT2D eigenvalue weighted by atomic mass is 9.82. The van der Waals surface area contributed by atoms with Crippen molar-refractivity contribution in [2.45, 2.75) is 39.5 Å². The summed E-state index contributed by atoms with van der Waals surface area (Å²) >= 11 is 0. The lowest BCUT2D eigenvalue weighted by Gasteiger charge is -2.30. The van der Waals surface area contributed by atoms with Crippen LogP contribution in [0, 0.1) is 17.8 Å². The molecule has 5 rings (SSSR count). The minimum Gasteiger partial charge on any atom is -0.339 e. The van der Waals surface area contributed by atoms with Crippen LogP contribution in [0.15, 0.2) is 60.2 Å². The number of carbonyl (C=O) groups is 4. The van der Waals surface area contributed by atoms with E-state index in [0.717, 1.165) is 31.5 Å². The number of carbonyl (C=O) groups excluding carboxylic acids is 4. The van der Waals surface area contributed by atoms with Crippen molar-refractivity contribution in [3.8, 4) is 0 Å². The highest BCUT2D eigenvalue weighted by molar-refractivity contribution is 6.22. The zero-order valence-electron chi connectivity index (χ0n) is 20.7. The van der Waals surface area contributed by atoms with E-state index >= 15 is 0 Å². The predicted octanol–water partition coefficient (Wildman–Crippen LogP) is 4.66. The van der Waals surface area contributed by atoms with Gasteiger partial charge in [0.1, 0.15) is 0 Å². The van der Waals surface area contributed by atoms with E-state index in [0.29, 0.717) is 41.3 Å². The molecule has 1 aliphatic carbocycles. The van der Waals surface area contributed by atoms with Crippen molar-refractivity contribution < 1.29 is 19.2 Å². The van der Waals surface area contributed by atoms with E-state index in [4.69, 9.17) is 0 Å². The zero-order valence-corrected chi connectivity index (χ0v) is 20.7. The highest BCUT2D eigenvalue weighted by atomic mass is 16.2. The first kappa shape index (κ1) is 24.0. The SMILES string of the molecule is CC1=CC[C@H]2C(=O)N(c3cccc(C(=O)Nc4cccc(C(=O)N5CCC(C)CC5)c4)c3)C(=O)[C@@H]2C1. The average Bonchev–Trinajstić information content (AvgIpc) is 3.13. The van der Waals surface area contributed by atoms with Crippen LogP contribution >= 0.6 is 0 Å². The quantitative estimate of drug-likeness (QED) is 0.504. The molecule has 3 aliphatic rings. The third-order valence-electron chi connectivity index (χ3n) is 7.63. The van der Waals surface area contributed by atoms with Crippen molar-refractivity contribution in [3.05, 3.63) is 71.3 Å². The number of nitrogens with one attached hydrogen (secondary N) is 1. The minimum atomic E-state index is -0.373. The Morgan fingerprint density at radius 2 is 1.61 bits per heavy atom. The number of nitrogens with zero attached hydrogens (tertiary/aromatic N) is 2. The van der Waals surface area contributed by atoms with Gasteiger partial charge in [-0.2, -0.15) is 0 Å². The summed E-state index contributed by atoms with van der Waals surface area (Å²) in [6, 6.07) is 13.5. The number of imide groups is 1. The Bertz CT molecular complexity index is 1260. The maximum absolute atomic E-state index is 13.1. The van der Waals surface area contributed by atoms with Crippen molar-refractivity contribution in [1.82, 2.24) is 4.90 Å². The predicted molar refractivity (Wildman–Crippen MR) is 138 cm³/mol. The molecule has 0 radical (unpaired) electrons. The molecule has 0 aromatic heterocycles. The van der Waals surface area contributed by atoms with Gasteiger partial charge in [0.25, 0.3) is 11.8 Å². The molecule has 2 atom stereocenters. The molecule has 4 amide bonds. The number of anilines is 2. The third kappa shape index (κ3) is 4.57. The van der Waals surface area contributed by atoms with Gasteiger partial charge in [0.2, 0.25) is 11.8 Å². The molecule has 0 unspecified atom stereocenters. The molecule has 2 aliphatic heterocycles. The van der Waals surface area contributed by atoms with Gasteiger partial charge in [0.05, 0.1) is 17.5 Å². The van der Waals surface area contributed by atoms with Gasteiger partial charge in [-0.05, 0) is 74.9 Å². The van der Waals surface area contributed by atoms with Crippen molar-refractivity contribution in [3.63, 3.8) is 0 Å². The van der Waals surface area contributed by atoms with Crippen LogP contribution in [0.4, 0.5) is 11.4 Å². The summed E-state index contributed by atoms with van der Waals surface area (Å²) < 4.78 is 0. The van der Waals surface area contributed by atoms with Gasteiger partial charge in [-0.15, -0.1) is 0 Å². The maximum Gasteiger partial charge on any atom is 0.255 e. The van der Waals surface area contributed by atoms with Gasteiger partial charge >= 0.3 is 0 Å². The first-order valence-electron chi connectivity index (χ1n) is 12.7. The van der Waals surface area contributed by atoms with E-state index in [2.05, 4.69) is 12.2 Å². The van der Waals surface area contributed by atoms with Crippen LogP contribution in [0.2, 0.25) is 0 Å². The fourth-order valence-corrected chi connectivity index (χ4v) is 5.41. The van der Waals surface area contributed by atoms with Gasteiger partial charge in [-0.1, -0.05) is 30.7 Å². The number of hydrogen-bond acceptors (Lipinski definition) is 4. The van der Waals surface area contributed by atoms with Crippen LogP contribution in [-0.4, -0.2) is 41.6 Å². The fourth-order valence-electron chi connectivity index (χ4n) is 5.41. The van der Waals surface area contributed by atoms with Gasteiger partial charge in [0.15, 0.2) is 0 Å². The molecule has 186 valence electrons. The van der Waals surface area contributed by atoms with E-state index < -0.39 is 0 Å². The number of allylic oxidation sites excluding steroid dienone is 2. The Balaban J connectivity index is 1.30. The van der Waals surface area contributed by atoms with Crippen molar-refractivity contribution in [1.29, 1.82) is 0 Å². The molecule has 2 fully saturated rings. The number of hydrogen-bond donors (Lipinski definition) is 1. The summed E-state index contributed by atoms with van der Waals surface area (Å²) in [7, 11) is 0. The molecule has 36 heavy (non-hydrogen) atoms. The van der Waals surface area contributed by atoms with Crippen LogP contribution in [0.1, 0.15) is 60.2 Å². The maximum atomic E-state index is 13.1. The second kappa shape index (κ2) is 9.72. The second-order valence-corrected chi connectivity index (χ2v) is 10.3. The molecule has 2 saturated heterocycles. The number of likely N-dealkylation sites (tertiary alicyclic amines) is 1. The lowest BCUT2D eigenvalue weighted by molar-refractivity contribution is -0.122. The number of rotatable bonds is 4. The van der Waals surface area contributed by atoms with Crippen molar-refractivity contribution in [2.24, 2.45) is 17.8 Å². The molecule has 2 aromatic rings. The number of piperidine rings is 1. The average molecular weight is 486 g/mol. The highest BCUT2D eigenvalue weighted by Crippen LogP contribution is 2.39. The molecule has 0 bridgehead atoms. The van der Waals surface area contributed by atoms with Gasteiger partial charge < -0.3 is 10.2 Å². The van der Waals surface area contributed by atoms with Gasteiger partial charge in [0, 0.05) is 29.9 Å². The molecule has 7 heteroatoms. The standard InChI is InChI=1S/C29H31N3O4/c1-18-11-13-31(14-12-18)27(34)21-6-3-7-22(16-21)30-26(33)20-5-4-8-23(17-20)32-28(35)24-10-9-19(2)15-25(24)29(32)36/h3-9,16-18,24-25H,10-15H2,1-2H3,(H,30,33)/t24-,25-/m1/s1. The number of fused-ring (bicyclic) bond motifs is 1. The van der Waals surface area contributed by atoms with Crippen LogP contribution in [-0.2, 0) is 9.59 Å². The molecule has 1 N–H and O–H groups in total. The van der Waals surface area contributed by atoms with Crippen LogP contribution in [0.3, 0.4) is 0 Å². The Kier molecular flexibility index (Phi) is 6.48. The summed E-state index contributed by atoms with van der Waals surface area (Å²) in [6.45, 7) is 5.67. The van der Waals surface area contributed by atoms with E-state index in [9.17, 15) is 19.2 Å². The van der Waals surface area contributed by atoms with Crippen LogP contribution in [0.25, 0.3) is 0 Å². The summed E-state index contributed by atoms with van der Waals surface area (Å²) in [5.74, 6) is -0.839. The molecular formula is C29H31N3O4. The number of amides is 4. The molecule has 0 spiro atoms. The van der Waals surface area contributed by atoms with E-state index in [-0.39, 0.29) is 35.5 Å². The summed E-state index contributed by atoms with van der Waals surface area (Å²) in [5, 5.41) is 2.85. The monoisotopic (exact) mass is 485 g/mol. The summed E-state index contributed by atoms with van der Waals surface area (Å²) in [4.78, 5) is 55.2. The smallest absolute Gasteiger partial charge is 0.255 e. The van der Waals surface area contributed by atoms with E-state index in [1.807, 2.05) is 17.9 Å². The number of benzene rings is 2. The van der Waals surface area contributed by atoms with Crippen molar-refractivity contribution >= 4 is 35.0 Å². The molecule has 2 aromatic carbocycles. The Morgan fingerprint density at radius 3 is 2.39 bits per heavy atom. The first-order valence-corrected chi connectivity index (χ1v) is 12.7. The Hall–Kier alpha value is -3.74. The van der Waals surface area contributed by atoms with Crippen LogP contribution < -0.4 is 10.2 Å². The largest absolute Gasteiger partial charge is 0.339 e. The second-order valence-electron chi connectivity index (χ2n) is 10.3. The highest BCUT2D eigenvalue weighted by Gasteiger charge is 2.48. The molecule has 2 heterocycles. The lowest BCUT2D eigenvalue weighted by Crippen LogP contribution is -2.37. The van der Waals surface area contributed by atoms with E-state index in [1.54, 1.807) is 48.5 Å².